The van der Waals surface area contributed by atoms with Gasteiger partial charge in [-0.15, -0.1) is 0 Å². The van der Waals surface area contributed by atoms with Crippen molar-refractivity contribution in [3.05, 3.63) is 18.5 Å². The molecule has 4 heteroatoms. The number of hydrogen-bond donors (Lipinski definition) is 0. The molecule has 0 saturated heterocycles. The molecule has 0 amide bonds. The van der Waals surface area contributed by atoms with Gasteiger partial charge >= 0.3 is 0 Å². The molecule has 0 aliphatic heterocycles. The topological polar surface area (TPSA) is 42.2 Å². The van der Waals surface area contributed by atoms with Crippen LogP contribution in [0.1, 0.15) is 13.8 Å². The molecule has 2 aromatic rings. The fourth-order valence-electron chi connectivity index (χ4n) is 1.40. The number of rotatable bonds is 3. The molecule has 0 aliphatic rings. The van der Waals surface area contributed by atoms with E-state index >= 15 is 0 Å². The first-order chi connectivity index (χ1) is 6.85. The van der Waals surface area contributed by atoms with Crippen molar-refractivity contribution in [1.82, 2.24) is 9.97 Å². The zero-order chi connectivity index (χ0) is 9.97. The highest BCUT2D eigenvalue weighted by molar-refractivity contribution is 5.72. The van der Waals surface area contributed by atoms with Gasteiger partial charge < -0.3 is 9.32 Å². The molecule has 0 N–H and O–H groups in total. The van der Waals surface area contributed by atoms with Crippen molar-refractivity contribution in [3.63, 3.8) is 0 Å². The number of nitrogens with zero attached hydrogens (tertiary/aromatic N) is 3. The lowest BCUT2D eigenvalue weighted by atomic mass is 10.4. The van der Waals surface area contributed by atoms with E-state index < -0.39 is 0 Å². The van der Waals surface area contributed by atoms with Gasteiger partial charge in [-0.1, -0.05) is 0 Å². The molecule has 0 aliphatic carbocycles. The highest BCUT2D eigenvalue weighted by Gasteiger charge is 2.09. The lowest BCUT2D eigenvalue weighted by molar-refractivity contribution is 0.576. The van der Waals surface area contributed by atoms with E-state index in [0.717, 1.165) is 24.2 Å². The van der Waals surface area contributed by atoms with E-state index in [1.54, 1.807) is 12.4 Å². The van der Waals surface area contributed by atoms with Crippen molar-refractivity contribution in [2.45, 2.75) is 13.8 Å². The maximum Gasteiger partial charge on any atom is 0.298 e. The highest BCUT2D eigenvalue weighted by atomic mass is 16.4. The summed E-state index contributed by atoms with van der Waals surface area (Å²) in [4.78, 5) is 10.4. The molecule has 2 aromatic heterocycles. The fourth-order valence-corrected chi connectivity index (χ4v) is 1.40. The molecule has 0 aromatic carbocycles. The molecular weight excluding hydrogens is 178 g/mol. The molecule has 0 atom stereocenters. The Morgan fingerprint density at radius 1 is 1.36 bits per heavy atom. The number of oxazole rings is 1. The Morgan fingerprint density at radius 2 is 2.14 bits per heavy atom. The largest absolute Gasteiger partial charge is 0.423 e. The first-order valence-electron chi connectivity index (χ1n) is 4.80. The molecule has 4 nitrogen and oxygen atoms in total. The van der Waals surface area contributed by atoms with Gasteiger partial charge in [0.15, 0.2) is 5.58 Å². The second kappa shape index (κ2) is 3.65. The van der Waals surface area contributed by atoms with Gasteiger partial charge in [-0.3, -0.25) is 4.98 Å². The molecule has 2 rings (SSSR count). The van der Waals surface area contributed by atoms with Crippen LogP contribution in [0.2, 0.25) is 0 Å². The fraction of sp³-hybridized carbons (Fsp3) is 0.400. The molecule has 0 bridgehead atoms. The summed E-state index contributed by atoms with van der Waals surface area (Å²) in [6.45, 7) is 5.96. The minimum atomic E-state index is 0.679. The van der Waals surface area contributed by atoms with Gasteiger partial charge in [-0.05, 0) is 13.8 Å². The summed E-state index contributed by atoms with van der Waals surface area (Å²) in [6.07, 6.45) is 3.42. The van der Waals surface area contributed by atoms with Crippen LogP contribution in [0.15, 0.2) is 22.9 Å². The molecule has 74 valence electrons. The molecule has 14 heavy (non-hydrogen) atoms. The number of hydrogen-bond acceptors (Lipinski definition) is 4. The van der Waals surface area contributed by atoms with Crippen LogP contribution in [0, 0.1) is 0 Å². The first kappa shape index (κ1) is 8.99. The summed E-state index contributed by atoms with van der Waals surface area (Å²) in [5.41, 5.74) is 1.61. The Bertz CT molecular complexity index is 387. The van der Waals surface area contributed by atoms with E-state index in [4.69, 9.17) is 4.42 Å². The third-order valence-electron chi connectivity index (χ3n) is 2.21. The van der Waals surface area contributed by atoms with E-state index in [-0.39, 0.29) is 0 Å². The van der Waals surface area contributed by atoms with E-state index in [1.165, 1.54) is 0 Å². The standard InChI is InChI=1S/C10H13N3O/c1-3-13(4-2)10-12-8-7-11-6-5-9(8)14-10/h5-7H,3-4H2,1-2H3. The Hall–Kier alpha value is -1.58. The van der Waals surface area contributed by atoms with Crippen LogP contribution in [0.5, 0.6) is 0 Å². The van der Waals surface area contributed by atoms with Crippen LogP contribution in [-0.2, 0) is 0 Å². The molecular formula is C10H13N3O. The summed E-state index contributed by atoms with van der Waals surface area (Å²) < 4.78 is 5.59. The van der Waals surface area contributed by atoms with Crippen LogP contribution >= 0.6 is 0 Å². The average Bonchev–Trinajstić information content (AvgIpc) is 2.63. The molecule has 2 heterocycles. The number of anilines is 1. The van der Waals surface area contributed by atoms with Crippen molar-refractivity contribution in [2.75, 3.05) is 18.0 Å². The Morgan fingerprint density at radius 3 is 2.79 bits per heavy atom. The van der Waals surface area contributed by atoms with Crippen LogP contribution < -0.4 is 4.90 Å². The third kappa shape index (κ3) is 1.43. The number of pyridine rings is 1. The van der Waals surface area contributed by atoms with Crippen molar-refractivity contribution >= 4 is 17.1 Å². The van der Waals surface area contributed by atoms with Crippen molar-refractivity contribution in [2.24, 2.45) is 0 Å². The van der Waals surface area contributed by atoms with Crippen LogP contribution in [0.4, 0.5) is 6.01 Å². The van der Waals surface area contributed by atoms with E-state index in [1.807, 2.05) is 6.07 Å². The molecule has 0 spiro atoms. The van der Waals surface area contributed by atoms with E-state index in [2.05, 4.69) is 28.7 Å². The van der Waals surface area contributed by atoms with Crippen molar-refractivity contribution in [3.8, 4) is 0 Å². The number of aromatic nitrogens is 2. The Labute approximate surface area is 82.6 Å². The molecule has 0 fully saturated rings. The Balaban J connectivity index is 2.43. The number of fused-ring (bicyclic) bond motifs is 1. The summed E-state index contributed by atoms with van der Waals surface area (Å²) in [6, 6.07) is 2.51. The average molecular weight is 191 g/mol. The summed E-state index contributed by atoms with van der Waals surface area (Å²) in [7, 11) is 0. The minimum absolute atomic E-state index is 0.679. The zero-order valence-corrected chi connectivity index (χ0v) is 8.40. The van der Waals surface area contributed by atoms with Gasteiger partial charge in [0.05, 0.1) is 6.20 Å². The lowest BCUT2D eigenvalue weighted by Gasteiger charge is -2.14. The summed E-state index contributed by atoms with van der Waals surface area (Å²) in [5.74, 6) is 0. The van der Waals surface area contributed by atoms with Gasteiger partial charge in [0.2, 0.25) is 0 Å². The van der Waals surface area contributed by atoms with Gasteiger partial charge in [-0.25, -0.2) is 0 Å². The van der Waals surface area contributed by atoms with E-state index in [0.29, 0.717) is 6.01 Å². The zero-order valence-electron chi connectivity index (χ0n) is 8.40. The van der Waals surface area contributed by atoms with Crippen LogP contribution in [-0.4, -0.2) is 23.1 Å². The van der Waals surface area contributed by atoms with Crippen molar-refractivity contribution in [1.29, 1.82) is 0 Å². The van der Waals surface area contributed by atoms with Crippen molar-refractivity contribution < 1.29 is 4.42 Å². The van der Waals surface area contributed by atoms with Gasteiger partial charge in [0.25, 0.3) is 6.01 Å². The second-order valence-electron chi connectivity index (χ2n) is 3.01. The van der Waals surface area contributed by atoms with Gasteiger partial charge in [-0.2, -0.15) is 4.98 Å². The summed E-state index contributed by atoms with van der Waals surface area (Å²) >= 11 is 0. The Kier molecular flexibility index (Phi) is 2.35. The van der Waals surface area contributed by atoms with Crippen LogP contribution in [0.25, 0.3) is 11.1 Å². The molecule has 0 unspecified atom stereocenters. The monoisotopic (exact) mass is 191 g/mol. The highest BCUT2D eigenvalue weighted by Crippen LogP contribution is 2.20. The summed E-state index contributed by atoms with van der Waals surface area (Å²) in [5, 5.41) is 0. The SMILES string of the molecule is CCN(CC)c1nc2cnccc2o1. The molecule has 0 radical (unpaired) electrons. The predicted molar refractivity (Wildman–Crippen MR) is 55.4 cm³/mol. The molecule has 0 saturated carbocycles. The lowest BCUT2D eigenvalue weighted by Crippen LogP contribution is -2.21. The smallest absolute Gasteiger partial charge is 0.298 e. The van der Waals surface area contributed by atoms with Gasteiger partial charge in [0.1, 0.15) is 5.52 Å². The maximum atomic E-state index is 5.59. The predicted octanol–water partition coefficient (Wildman–Crippen LogP) is 2.07. The quantitative estimate of drug-likeness (QED) is 0.744. The normalized spacial score (nSPS) is 10.7. The minimum Gasteiger partial charge on any atom is -0.423 e. The third-order valence-corrected chi connectivity index (χ3v) is 2.21. The van der Waals surface area contributed by atoms with Crippen LogP contribution in [0.3, 0.4) is 0 Å². The van der Waals surface area contributed by atoms with E-state index in [9.17, 15) is 0 Å². The second-order valence-corrected chi connectivity index (χ2v) is 3.01. The first-order valence-corrected chi connectivity index (χ1v) is 4.80. The van der Waals surface area contributed by atoms with Gasteiger partial charge in [0, 0.05) is 25.4 Å². The maximum absolute atomic E-state index is 5.59.